The molecule has 7 heteroatoms. The van der Waals surface area contributed by atoms with E-state index in [9.17, 15) is 13.2 Å². The normalized spacial score (nSPS) is 23.3. The monoisotopic (exact) mass is 394 g/mol. The Balaban J connectivity index is 1.68. The second kappa shape index (κ2) is 7.43. The van der Waals surface area contributed by atoms with Crippen molar-refractivity contribution in [1.29, 1.82) is 0 Å². The maximum absolute atomic E-state index is 12.9. The second-order valence-electron chi connectivity index (χ2n) is 8.24. The molecule has 0 saturated carbocycles. The minimum Gasteiger partial charge on any atom is -0.487 e. The zero-order valence-electron chi connectivity index (χ0n) is 16.6. The molecule has 3 rings (SSSR count). The summed E-state index contributed by atoms with van der Waals surface area (Å²) in [5.41, 5.74) is 1.79. The summed E-state index contributed by atoms with van der Waals surface area (Å²) < 4.78 is 31.6. The number of fused-ring (bicyclic) bond motifs is 1. The van der Waals surface area contributed by atoms with Crippen LogP contribution in [0.15, 0.2) is 18.2 Å². The number of piperidine rings is 1. The number of sulfonamides is 1. The fraction of sp³-hybridized carbons (Fsp3) is 0.650. The third-order valence-electron chi connectivity index (χ3n) is 5.53. The van der Waals surface area contributed by atoms with Crippen molar-refractivity contribution in [2.24, 2.45) is 5.92 Å². The van der Waals surface area contributed by atoms with E-state index < -0.39 is 10.0 Å². The molecule has 2 heterocycles. The lowest BCUT2D eigenvalue weighted by Crippen LogP contribution is -2.46. The first-order valence-electron chi connectivity index (χ1n) is 9.69. The standard InChI is InChI=1S/C20H30N2O4S/c1-5-27(24,25)22-10-8-15(9-11-22)19(23)21-17-13-20(3,4)26-18-12-14(2)6-7-16(17)18/h6-7,12,15,17H,5,8-11,13H2,1-4H3,(H,21,23)/t17-/m1/s1. The largest absolute Gasteiger partial charge is 0.487 e. The average Bonchev–Trinajstić information content (AvgIpc) is 2.60. The molecule has 1 fully saturated rings. The lowest BCUT2D eigenvalue weighted by atomic mass is 9.88. The summed E-state index contributed by atoms with van der Waals surface area (Å²) >= 11 is 0. The van der Waals surface area contributed by atoms with Crippen molar-refractivity contribution in [3.8, 4) is 5.75 Å². The summed E-state index contributed by atoms with van der Waals surface area (Å²) in [5, 5.41) is 3.20. The van der Waals surface area contributed by atoms with E-state index in [1.807, 2.05) is 39.0 Å². The number of benzene rings is 1. The molecule has 0 aliphatic carbocycles. The van der Waals surface area contributed by atoms with Crippen molar-refractivity contribution in [2.45, 2.75) is 58.6 Å². The zero-order chi connectivity index (χ0) is 19.8. The third kappa shape index (κ3) is 4.46. The number of ether oxygens (including phenoxy) is 1. The predicted molar refractivity (Wildman–Crippen MR) is 105 cm³/mol. The maximum Gasteiger partial charge on any atom is 0.223 e. The molecule has 0 bridgehead atoms. The maximum atomic E-state index is 12.9. The number of carbonyl (C=O) groups is 1. The van der Waals surface area contributed by atoms with Crippen LogP contribution in [0.2, 0.25) is 0 Å². The Hall–Kier alpha value is -1.60. The highest BCUT2D eigenvalue weighted by atomic mass is 32.2. The Morgan fingerprint density at radius 3 is 2.59 bits per heavy atom. The molecule has 1 aromatic rings. The van der Waals surface area contributed by atoms with Gasteiger partial charge in [0.25, 0.3) is 0 Å². The highest BCUT2D eigenvalue weighted by Crippen LogP contribution is 2.40. The first kappa shape index (κ1) is 20.1. The lowest BCUT2D eigenvalue weighted by Gasteiger charge is -2.39. The van der Waals surface area contributed by atoms with Crippen LogP contribution in [-0.4, -0.2) is 43.1 Å². The Kier molecular flexibility index (Phi) is 5.54. The minimum absolute atomic E-state index is 0.0118. The van der Waals surface area contributed by atoms with Crippen molar-refractivity contribution in [3.63, 3.8) is 0 Å². The van der Waals surface area contributed by atoms with Crippen molar-refractivity contribution in [1.82, 2.24) is 9.62 Å². The average molecular weight is 395 g/mol. The molecular weight excluding hydrogens is 364 g/mol. The summed E-state index contributed by atoms with van der Waals surface area (Å²) in [6.45, 7) is 8.58. The van der Waals surface area contributed by atoms with Crippen LogP contribution >= 0.6 is 0 Å². The first-order valence-corrected chi connectivity index (χ1v) is 11.3. The molecule has 1 atom stereocenters. The Bertz CT molecular complexity index is 811. The van der Waals surface area contributed by atoms with E-state index in [1.54, 1.807) is 6.92 Å². The minimum atomic E-state index is -3.17. The quantitative estimate of drug-likeness (QED) is 0.852. The molecule has 1 amide bonds. The van der Waals surface area contributed by atoms with E-state index in [0.29, 0.717) is 32.4 Å². The van der Waals surface area contributed by atoms with Gasteiger partial charge in [0.05, 0.1) is 11.8 Å². The van der Waals surface area contributed by atoms with Crippen LogP contribution in [0.1, 0.15) is 57.2 Å². The molecule has 2 aliphatic heterocycles. The molecule has 1 saturated heterocycles. The number of hydrogen-bond donors (Lipinski definition) is 1. The van der Waals surface area contributed by atoms with Gasteiger partial charge in [-0.05, 0) is 52.2 Å². The lowest BCUT2D eigenvalue weighted by molar-refractivity contribution is -0.127. The topological polar surface area (TPSA) is 75.7 Å². The molecule has 1 aromatic carbocycles. The Labute approximate surface area is 162 Å². The number of rotatable bonds is 4. The van der Waals surface area contributed by atoms with Gasteiger partial charge in [-0.3, -0.25) is 4.79 Å². The number of nitrogens with one attached hydrogen (secondary N) is 1. The van der Waals surface area contributed by atoms with Gasteiger partial charge in [0.1, 0.15) is 11.4 Å². The van der Waals surface area contributed by atoms with Gasteiger partial charge in [-0.15, -0.1) is 0 Å². The van der Waals surface area contributed by atoms with E-state index in [0.717, 1.165) is 16.9 Å². The van der Waals surface area contributed by atoms with Crippen LogP contribution in [0.5, 0.6) is 5.75 Å². The predicted octanol–water partition coefficient (Wildman–Crippen LogP) is 2.78. The van der Waals surface area contributed by atoms with Gasteiger partial charge in [0.2, 0.25) is 15.9 Å². The molecule has 1 N–H and O–H groups in total. The van der Waals surface area contributed by atoms with Crippen LogP contribution in [0.4, 0.5) is 0 Å². The summed E-state index contributed by atoms with van der Waals surface area (Å²) in [6.07, 6.45) is 1.84. The number of aryl methyl sites for hydroxylation is 1. The number of amides is 1. The van der Waals surface area contributed by atoms with Gasteiger partial charge in [-0.2, -0.15) is 0 Å². The highest BCUT2D eigenvalue weighted by Gasteiger charge is 2.36. The zero-order valence-corrected chi connectivity index (χ0v) is 17.4. The van der Waals surface area contributed by atoms with Gasteiger partial charge >= 0.3 is 0 Å². The molecule has 150 valence electrons. The van der Waals surface area contributed by atoms with E-state index >= 15 is 0 Å². The third-order valence-corrected chi connectivity index (χ3v) is 7.41. The first-order chi connectivity index (χ1) is 12.6. The fourth-order valence-electron chi connectivity index (χ4n) is 3.96. The van der Waals surface area contributed by atoms with Crippen LogP contribution in [0.25, 0.3) is 0 Å². The van der Waals surface area contributed by atoms with Crippen molar-refractivity contribution >= 4 is 15.9 Å². The van der Waals surface area contributed by atoms with Gasteiger partial charge < -0.3 is 10.1 Å². The van der Waals surface area contributed by atoms with E-state index in [4.69, 9.17) is 4.74 Å². The van der Waals surface area contributed by atoms with Crippen molar-refractivity contribution < 1.29 is 17.9 Å². The van der Waals surface area contributed by atoms with E-state index in [1.165, 1.54) is 4.31 Å². The molecular formula is C20H30N2O4S. The summed E-state index contributed by atoms with van der Waals surface area (Å²) in [7, 11) is -3.17. The molecule has 6 nitrogen and oxygen atoms in total. The van der Waals surface area contributed by atoms with Gasteiger partial charge in [0, 0.05) is 31.0 Å². The van der Waals surface area contributed by atoms with Gasteiger partial charge in [0.15, 0.2) is 0 Å². The summed E-state index contributed by atoms with van der Waals surface area (Å²) in [5.74, 6) is 0.809. The molecule has 27 heavy (non-hydrogen) atoms. The fourth-order valence-corrected chi connectivity index (χ4v) is 5.09. The number of carbonyl (C=O) groups excluding carboxylic acids is 1. The van der Waals surface area contributed by atoms with Crippen LogP contribution in [-0.2, 0) is 14.8 Å². The van der Waals surface area contributed by atoms with Gasteiger partial charge in [-0.1, -0.05) is 12.1 Å². The SMILES string of the molecule is CCS(=O)(=O)N1CCC(C(=O)N[C@@H]2CC(C)(C)Oc3cc(C)ccc32)CC1. The Morgan fingerprint density at radius 1 is 1.30 bits per heavy atom. The molecule has 2 aliphatic rings. The van der Waals surface area contributed by atoms with Crippen molar-refractivity contribution in [3.05, 3.63) is 29.3 Å². The molecule has 0 radical (unpaired) electrons. The van der Waals surface area contributed by atoms with Crippen molar-refractivity contribution in [2.75, 3.05) is 18.8 Å². The van der Waals surface area contributed by atoms with Gasteiger partial charge in [-0.25, -0.2) is 12.7 Å². The Morgan fingerprint density at radius 2 is 1.96 bits per heavy atom. The summed E-state index contributed by atoms with van der Waals surface area (Å²) in [4.78, 5) is 12.9. The van der Waals surface area contributed by atoms with E-state index in [2.05, 4.69) is 5.32 Å². The second-order valence-corrected chi connectivity index (χ2v) is 10.5. The summed E-state index contributed by atoms with van der Waals surface area (Å²) in [6, 6.07) is 5.99. The van der Waals surface area contributed by atoms with Crippen LogP contribution in [0.3, 0.4) is 0 Å². The number of hydrogen-bond acceptors (Lipinski definition) is 4. The van der Waals surface area contributed by atoms with Crippen LogP contribution in [0, 0.1) is 12.8 Å². The van der Waals surface area contributed by atoms with Crippen LogP contribution < -0.4 is 10.1 Å². The molecule has 0 spiro atoms. The van der Waals surface area contributed by atoms with E-state index in [-0.39, 0.29) is 29.2 Å². The molecule has 0 aromatic heterocycles. The molecule has 0 unspecified atom stereocenters. The number of nitrogens with zero attached hydrogens (tertiary/aromatic N) is 1. The smallest absolute Gasteiger partial charge is 0.223 e. The highest BCUT2D eigenvalue weighted by molar-refractivity contribution is 7.89.